The van der Waals surface area contributed by atoms with Crippen molar-refractivity contribution in [1.82, 2.24) is 5.32 Å². The smallest absolute Gasteiger partial charge is 0.264 e. The predicted molar refractivity (Wildman–Crippen MR) is 123 cm³/mol. The number of benzene rings is 3. The van der Waals surface area contributed by atoms with Crippen LogP contribution in [0.4, 0.5) is 17.1 Å². The summed E-state index contributed by atoms with van der Waals surface area (Å²) in [7, 11) is 2.03. The van der Waals surface area contributed by atoms with E-state index >= 15 is 0 Å². The van der Waals surface area contributed by atoms with Crippen LogP contribution < -0.4 is 10.2 Å². The first-order valence-electron chi connectivity index (χ1n) is 9.03. The maximum atomic E-state index is 12.3. The van der Waals surface area contributed by atoms with Gasteiger partial charge in [0.15, 0.2) is 5.17 Å². The van der Waals surface area contributed by atoms with Crippen molar-refractivity contribution < 1.29 is 4.79 Å². The summed E-state index contributed by atoms with van der Waals surface area (Å²) in [5.74, 6) is -0.161. The molecule has 0 saturated carbocycles. The molecular formula is C23H18ClN3OS. The van der Waals surface area contributed by atoms with Crippen LogP contribution in [-0.2, 0) is 4.79 Å². The number of nitrogens with one attached hydrogen (secondary N) is 1. The largest absolute Gasteiger partial charge is 0.345 e. The van der Waals surface area contributed by atoms with E-state index in [1.807, 2.05) is 73.8 Å². The first-order chi connectivity index (χ1) is 14.1. The van der Waals surface area contributed by atoms with Crippen molar-refractivity contribution >= 4 is 57.6 Å². The van der Waals surface area contributed by atoms with Crippen LogP contribution in [0.15, 0.2) is 88.8 Å². The first-order valence-corrected chi connectivity index (χ1v) is 10.2. The van der Waals surface area contributed by atoms with E-state index in [9.17, 15) is 4.79 Å². The minimum absolute atomic E-state index is 0.161. The van der Waals surface area contributed by atoms with Crippen LogP contribution in [0.25, 0.3) is 6.08 Å². The van der Waals surface area contributed by atoms with E-state index in [1.54, 1.807) is 6.07 Å². The molecule has 0 spiro atoms. The molecule has 6 heteroatoms. The summed E-state index contributed by atoms with van der Waals surface area (Å²) in [6, 6.07) is 25.5. The van der Waals surface area contributed by atoms with E-state index in [-0.39, 0.29) is 5.91 Å². The number of aliphatic imine (C=N–C) groups is 1. The Kier molecular flexibility index (Phi) is 5.69. The molecule has 0 radical (unpaired) electrons. The van der Waals surface area contributed by atoms with Crippen molar-refractivity contribution in [3.63, 3.8) is 0 Å². The van der Waals surface area contributed by atoms with Gasteiger partial charge in [-0.2, -0.15) is 0 Å². The van der Waals surface area contributed by atoms with E-state index in [2.05, 4.69) is 27.3 Å². The lowest BCUT2D eigenvalue weighted by molar-refractivity contribution is -0.115. The van der Waals surface area contributed by atoms with E-state index in [1.165, 1.54) is 11.8 Å². The third-order valence-corrected chi connectivity index (χ3v) is 5.68. The average molecular weight is 420 g/mol. The number of thioether (sulfide) groups is 1. The van der Waals surface area contributed by atoms with Crippen LogP contribution in [0.5, 0.6) is 0 Å². The molecule has 1 fully saturated rings. The molecule has 0 unspecified atom stereocenters. The summed E-state index contributed by atoms with van der Waals surface area (Å²) in [5.41, 5.74) is 3.77. The van der Waals surface area contributed by atoms with Gasteiger partial charge in [0.1, 0.15) is 0 Å². The normalized spacial score (nSPS) is 16.3. The monoisotopic (exact) mass is 419 g/mol. The molecule has 0 aliphatic carbocycles. The first kappa shape index (κ1) is 19.3. The SMILES string of the molecule is CN(c1ccccc1)c1ccc(/C=C2/SC(=Nc3ccccc3Cl)NC2=O)cc1. The van der Waals surface area contributed by atoms with Gasteiger partial charge in [-0.1, -0.05) is 54.1 Å². The third kappa shape index (κ3) is 4.53. The zero-order valence-corrected chi connectivity index (χ0v) is 17.2. The second kappa shape index (κ2) is 8.55. The number of carbonyl (C=O) groups excluding carboxylic acids is 1. The van der Waals surface area contributed by atoms with E-state index < -0.39 is 0 Å². The molecule has 29 heavy (non-hydrogen) atoms. The fourth-order valence-corrected chi connectivity index (χ4v) is 3.89. The van der Waals surface area contributed by atoms with Gasteiger partial charge in [0.2, 0.25) is 0 Å². The molecule has 0 aromatic heterocycles. The number of hydrogen-bond acceptors (Lipinski definition) is 4. The lowest BCUT2D eigenvalue weighted by atomic mass is 10.1. The molecule has 0 bridgehead atoms. The lowest BCUT2D eigenvalue weighted by Gasteiger charge is -2.19. The molecule has 3 aromatic rings. The number of para-hydroxylation sites is 2. The number of carbonyl (C=O) groups is 1. The molecule has 144 valence electrons. The number of nitrogens with zero attached hydrogens (tertiary/aromatic N) is 2. The Balaban J connectivity index is 1.51. The standard InChI is InChI=1S/C23H18ClN3OS/c1-27(17-7-3-2-4-8-17)18-13-11-16(12-14-18)15-21-22(28)26-23(29-21)25-20-10-6-5-9-19(20)24/h2-15H,1H3,(H,25,26,28)/b21-15+. The summed E-state index contributed by atoms with van der Waals surface area (Å²) >= 11 is 7.45. The van der Waals surface area contributed by atoms with Crippen LogP contribution in [0.2, 0.25) is 5.02 Å². The fraction of sp³-hybridized carbons (Fsp3) is 0.0435. The Hall–Kier alpha value is -3.02. The van der Waals surface area contributed by atoms with Crippen molar-refractivity contribution in [1.29, 1.82) is 0 Å². The van der Waals surface area contributed by atoms with Gasteiger partial charge < -0.3 is 10.2 Å². The van der Waals surface area contributed by atoms with E-state index in [0.717, 1.165) is 16.9 Å². The van der Waals surface area contributed by atoms with Crippen molar-refractivity contribution in [2.45, 2.75) is 0 Å². The molecule has 1 aliphatic heterocycles. The lowest BCUT2D eigenvalue weighted by Crippen LogP contribution is -2.19. The second-order valence-electron chi connectivity index (χ2n) is 6.42. The molecule has 1 N–H and O–H groups in total. The highest BCUT2D eigenvalue weighted by molar-refractivity contribution is 8.18. The van der Waals surface area contributed by atoms with E-state index in [0.29, 0.717) is 20.8 Å². The minimum Gasteiger partial charge on any atom is -0.345 e. The van der Waals surface area contributed by atoms with Gasteiger partial charge >= 0.3 is 0 Å². The highest BCUT2D eigenvalue weighted by Gasteiger charge is 2.24. The Labute approximate surface area is 178 Å². The second-order valence-corrected chi connectivity index (χ2v) is 7.86. The molecule has 4 rings (SSSR count). The maximum absolute atomic E-state index is 12.3. The summed E-state index contributed by atoms with van der Waals surface area (Å²) < 4.78 is 0. The van der Waals surface area contributed by atoms with Gasteiger partial charge in [0, 0.05) is 18.4 Å². The van der Waals surface area contributed by atoms with Crippen LogP contribution in [0, 0.1) is 0 Å². The highest BCUT2D eigenvalue weighted by atomic mass is 35.5. The third-order valence-electron chi connectivity index (χ3n) is 4.45. The summed E-state index contributed by atoms with van der Waals surface area (Å²) in [6.07, 6.45) is 1.86. The molecular weight excluding hydrogens is 402 g/mol. The van der Waals surface area contributed by atoms with Crippen molar-refractivity contribution in [2.75, 3.05) is 11.9 Å². The van der Waals surface area contributed by atoms with Gasteiger partial charge in [-0.25, -0.2) is 4.99 Å². The summed E-state index contributed by atoms with van der Waals surface area (Å²) in [6.45, 7) is 0. The Morgan fingerprint density at radius 3 is 2.31 bits per heavy atom. The Bertz CT molecular complexity index is 1090. The van der Waals surface area contributed by atoms with Gasteiger partial charge in [-0.05, 0) is 59.8 Å². The number of halogens is 1. The van der Waals surface area contributed by atoms with Gasteiger partial charge in [0.05, 0.1) is 15.6 Å². The number of hydrogen-bond donors (Lipinski definition) is 1. The number of amidine groups is 1. The zero-order chi connectivity index (χ0) is 20.2. The number of rotatable bonds is 4. The predicted octanol–water partition coefficient (Wildman–Crippen LogP) is 6.00. The molecule has 1 saturated heterocycles. The molecule has 1 aliphatic rings. The molecule has 4 nitrogen and oxygen atoms in total. The van der Waals surface area contributed by atoms with Crippen molar-refractivity contribution in [2.24, 2.45) is 4.99 Å². The van der Waals surface area contributed by atoms with Gasteiger partial charge in [-0.15, -0.1) is 0 Å². The van der Waals surface area contributed by atoms with Crippen LogP contribution >= 0.6 is 23.4 Å². The zero-order valence-electron chi connectivity index (χ0n) is 15.7. The molecule has 3 aromatic carbocycles. The molecule has 0 atom stereocenters. The summed E-state index contributed by atoms with van der Waals surface area (Å²) in [4.78, 5) is 19.5. The van der Waals surface area contributed by atoms with Gasteiger partial charge in [0.25, 0.3) is 5.91 Å². The van der Waals surface area contributed by atoms with E-state index in [4.69, 9.17) is 11.6 Å². The van der Waals surface area contributed by atoms with Gasteiger partial charge in [-0.3, -0.25) is 4.79 Å². The minimum atomic E-state index is -0.161. The topological polar surface area (TPSA) is 44.7 Å². The number of amides is 1. The average Bonchev–Trinajstić information content (AvgIpc) is 3.09. The summed E-state index contributed by atoms with van der Waals surface area (Å²) in [5, 5.41) is 3.86. The quantitative estimate of drug-likeness (QED) is 0.527. The van der Waals surface area contributed by atoms with Crippen LogP contribution in [-0.4, -0.2) is 18.1 Å². The molecule has 1 amide bonds. The van der Waals surface area contributed by atoms with Crippen molar-refractivity contribution in [3.05, 3.63) is 94.4 Å². The highest BCUT2D eigenvalue weighted by Crippen LogP contribution is 2.31. The van der Waals surface area contributed by atoms with Crippen LogP contribution in [0.3, 0.4) is 0 Å². The molecule has 1 heterocycles. The fourth-order valence-electron chi connectivity index (χ4n) is 2.88. The van der Waals surface area contributed by atoms with Crippen molar-refractivity contribution in [3.8, 4) is 0 Å². The van der Waals surface area contributed by atoms with Crippen LogP contribution in [0.1, 0.15) is 5.56 Å². The number of anilines is 2. The Morgan fingerprint density at radius 1 is 0.931 bits per heavy atom. The maximum Gasteiger partial charge on any atom is 0.264 e. The Morgan fingerprint density at radius 2 is 1.59 bits per heavy atom.